The Morgan fingerprint density at radius 1 is 0.651 bits per heavy atom. The number of hydrogen-bond donors (Lipinski definition) is 2. The number of benzene rings is 4. The first kappa shape index (κ1) is 48.3. The van der Waals surface area contributed by atoms with E-state index in [2.05, 4.69) is 42.8 Å². The molecule has 12 nitrogen and oxygen atoms in total. The van der Waals surface area contributed by atoms with Crippen LogP contribution in [-0.4, -0.2) is 79.9 Å². The molecule has 0 saturated heterocycles. The molecule has 2 unspecified atom stereocenters. The summed E-state index contributed by atoms with van der Waals surface area (Å²) in [5.74, 6) is 1.14. The second-order valence-electron chi connectivity index (χ2n) is 17.0. The smallest absolute Gasteiger partial charge is 0.408 e. The number of nitrogens with two attached hydrogens (primary N) is 1. The lowest BCUT2D eigenvalue weighted by atomic mass is 10.1. The quantitative estimate of drug-likeness (QED) is 0.0919. The molecule has 2 atom stereocenters. The summed E-state index contributed by atoms with van der Waals surface area (Å²) in [6.07, 6.45) is 2.68. The third kappa shape index (κ3) is 12.5. The molecule has 0 radical (unpaired) electrons. The fourth-order valence-electron chi connectivity index (χ4n) is 7.94. The molecule has 12 heteroatoms. The minimum atomic E-state index is -0.636. The number of carbonyl (C=O) groups excluding carboxylic acids is 1. The SMILES string of the molecule is CCN(CC)CCCC(N)c1nc2cccc(C)c2c(=O)n1-c1ccccc1.CCN(CC)CCCC(NC(=O)OC(C)(C)C)c1nc2cccc(C)c2c(=O)n1-c1ccccc1. The number of nitrogens with one attached hydrogen (secondary N) is 1. The van der Waals surface area contributed by atoms with Crippen LogP contribution in [0.15, 0.2) is 107 Å². The summed E-state index contributed by atoms with van der Waals surface area (Å²) < 4.78 is 8.89. The fourth-order valence-corrected chi connectivity index (χ4v) is 7.94. The Hall–Kier alpha value is -5.69. The summed E-state index contributed by atoms with van der Waals surface area (Å²) in [5, 5.41) is 4.25. The van der Waals surface area contributed by atoms with Gasteiger partial charge in [-0.3, -0.25) is 18.7 Å². The van der Waals surface area contributed by atoms with Crippen LogP contribution >= 0.6 is 0 Å². The van der Waals surface area contributed by atoms with E-state index in [-0.39, 0.29) is 17.2 Å². The predicted molar refractivity (Wildman–Crippen MR) is 257 cm³/mol. The number of fused-ring (bicyclic) bond motifs is 2. The molecule has 3 N–H and O–H groups in total. The monoisotopic (exact) mass is 857 g/mol. The number of aryl methyl sites for hydroxylation is 2. The number of carbonyl (C=O) groups is 1. The summed E-state index contributed by atoms with van der Waals surface area (Å²) in [4.78, 5) is 54.6. The zero-order valence-electron chi connectivity index (χ0n) is 38.9. The third-order valence-electron chi connectivity index (χ3n) is 11.4. The molecular formula is C51H68N8O4. The van der Waals surface area contributed by atoms with E-state index in [4.69, 9.17) is 20.4 Å². The molecule has 0 aliphatic heterocycles. The molecule has 336 valence electrons. The topological polar surface area (TPSA) is 141 Å². The summed E-state index contributed by atoms with van der Waals surface area (Å²) >= 11 is 0. The molecule has 0 aliphatic rings. The molecule has 0 fully saturated rings. The van der Waals surface area contributed by atoms with Gasteiger partial charge in [-0.1, -0.05) is 88.4 Å². The molecule has 0 spiro atoms. The van der Waals surface area contributed by atoms with Crippen LogP contribution in [0, 0.1) is 13.8 Å². The predicted octanol–water partition coefficient (Wildman–Crippen LogP) is 9.20. The first-order valence-electron chi connectivity index (χ1n) is 22.6. The van der Waals surface area contributed by atoms with Gasteiger partial charge in [0.1, 0.15) is 17.2 Å². The van der Waals surface area contributed by atoms with Crippen LogP contribution in [0.2, 0.25) is 0 Å². The Labute approximate surface area is 373 Å². The normalized spacial score (nSPS) is 12.6. The highest BCUT2D eigenvalue weighted by atomic mass is 16.6. The van der Waals surface area contributed by atoms with Crippen LogP contribution in [0.1, 0.15) is 109 Å². The van der Waals surface area contributed by atoms with Gasteiger partial charge in [0.25, 0.3) is 11.1 Å². The van der Waals surface area contributed by atoms with Gasteiger partial charge in [-0.05, 0) is 147 Å². The highest BCUT2D eigenvalue weighted by molar-refractivity contribution is 5.82. The van der Waals surface area contributed by atoms with E-state index in [1.54, 1.807) is 9.13 Å². The Bertz CT molecular complexity index is 2520. The van der Waals surface area contributed by atoms with Crippen molar-refractivity contribution in [3.63, 3.8) is 0 Å². The number of hydrogen-bond acceptors (Lipinski definition) is 9. The van der Waals surface area contributed by atoms with E-state index in [9.17, 15) is 14.4 Å². The van der Waals surface area contributed by atoms with E-state index in [1.807, 2.05) is 132 Å². The lowest BCUT2D eigenvalue weighted by molar-refractivity contribution is 0.0496. The number of ether oxygens (including phenoxy) is 1. The van der Waals surface area contributed by atoms with Crippen LogP contribution in [0.4, 0.5) is 4.79 Å². The molecule has 1 amide bonds. The van der Waals surface area contributed by atoms with E-state index in [1.165, 1.54) is 0 Å². The molecule has 6 rings (SSSR count). The first-order valence-corrected chi connectivity index (χ1v) is 22.6. The summed E-state index contributed by atoms with van der Waals surface area (Å²) in [6.45, 7) is 23.9. The maximum Gasteiger partial charge on any atom is 0.408 e. The fraction of sp³-hybridized carbons (Fsp3) is 0.431. The summed E-state index contributed by atoms with van der Waals surface area (Å²) in [5.41, 5.74) is 10.4. The average Bonchev–Trinajstić information content (AvgIpc) is 3.26. The van der Waals surface area contributed by atoms with E-state index >= 15 is 0 Å². The largest absolute Gasteiger partial charge is 0.444 e. The highest BCUT2D eigenvalue weighted by Crippen LogP contribution is 2.25. The molecule has 2 aromatic heterocycles. The zero-order chi connectivity index (χ0) is 45.7. The van der Waals surface area contributed by atoms with Crippen molar-refractivity contribution in [3.8, 4) is 11.4 Å². The highest BCUT2D eigenvalue weighted by Gasteiger charge is 2.26. The Morgan fingerprint density at radius 3 is 1.52 bits per heavy atom. The third-order valence-corrected chi connectivity index (χ3v) is 11.4. The van der Waals surface area contributed by atoms with Crippen molar-refractivity contribution in [2.75, 3.05) is 39.3 Å². The number of rotatable bonds is 17. The van der Waals surface area contributed by atoms with Crippen molar-refractivity contribution in [2.24, 2.45) is 5.73 Å². The zero-order valence-corrected chi connectivity index (χ0v) is 38.9. The minimum absolute atomic E-state index is 0.0523. The van der Waals surface area contributed by atoms with Crippen LogP contribution in [0.5, 0.6) is 0 Å². The first-order chi connectivity index (χ1) is 30.2. The van der Waals surface area contributed by atoms with Gasteiger partial charge < -0.3 is 25.6 Å². The van der Waals surface area contributed by atoms with Gasteiger partial charge in [0.05, 0.1) is 45.3 Å². The van der Waals surface area contributed by atoms with Crippen molar-refractivity contribution in [1.82, 2.24) is 34.2 Å². The molecule has 63 heavy (non-hydrogen) atoms. The van der Waals surface area contributed by atoms with Crippen LogP contribution in [0.25, 0.3) is 33.2 Å². The lowest BCUT2D eigenvalue weighted by Crippen LogP contribution is -2.38. The number of amides is 1. The molecule has 0 bridgehead atoms. The summed E-state index contributed by atoms with van der Waals surface area (Å²) in [6, 6.07) is 29.8. The van der Waals surface area contributed by atoms with Gasteiger partial charge in [-0.2, -0.15) is 0 Å². The number of para-hydroxylation sites is 2. The Balaban J connectivity index is 0.000000243. The molecule has 4 aromatic carbocycles. The van der Waals surface area contributed by atoms with Gasteiger partial charge >= 0.3 is 6.09 Å². The minimum Gasteiger partial charge on any atom is -0.444 e. The molecule has 0 aliphatic carbocycles. The summed E-state index contributed by atoms with van der Waals surface area (Å²) in [7, 11) is 0. The Morgan fingerprint density at radius 2 is 1.08 bits per heavy atom. The van der Waals surface area contributed by atoms with Crippen molar-refractivity contribution in [1.29, 1.82) is 0 Å². The van der Waals surface area contributed by atoms with Crippen molar-refractivity contribution < 1.29 is 9.53 Å². The maximum atomic E-state index is 13.8. The van der Waals surface area contributed by atoms with Crippen LogP contribution in [0.3, 0.4) is 0 Å². The molecular weight excluding hydrogens is 789 g/mol. The van der Waals surface area contributed by atoms with E-state index < -0.39 is 17.7 Å². The second-order valence-corrected chi connectivity index (χ2v) is 17.0. The lowest BCUT2D eigenvalue weighted by Gasteiger charge is -2.26. The van der Waals surface area contributed by atoms with Gasteiger partial charge in [-0.15, -0.1) is 0 Å². The van der Waals surface area contributed by atoms with Gasteiger partial charge in [0.15, 0.2) is 0 Å². The molecule has 0 saturated carbocycles. The van der Waals surface area contributed by atoms with Crippen molar-refractivity contribution in [2.45, 2.75) is 106 Å². The van der Waals surface area contributed by atoms with Crippen LogP contribution in [-0.2, 0) is 4.74 Å². The van der Waals surface area contributed by atoms with Gasteiger partial charge in [-0.25, -0.2) is 14.8 Å². The van der Waals surface area contributed by atoms with E-state index in [0.29, 0.717) is 45.6 Å². The van der Waals surface area contributed by atoms with E-state index in [0.717, 1.165) is 75.3 Å². The number of alkyl carbamates (subject to hydrolysis) is 1. The maximum absolute atomic E-state index is 13.8. The molecule has 6 aromatic rings. The van der Waals surface area contributed by atoms with Crippen LogP contribution < -0.4 is 22.2 Å². The number of nitrogens with zero attached hydrogens (tertiary/aromatic N) is 6. The average molecular weight is 857 g/mol. The van der Waals surface area contributed by atoms with Gasteiger partial charge in [0.2, 0.25) is 0 Å². The van der Waals surface area contributed by atoms with Crippen molar-refractivity contribution in [3.05, 3.63) is 141 Å². The van der Waals surface area contributed by atoms with Gasteiger partial charge in [0, 0.05) is 0 Å². The molecule has 2 heterocycles. The number of aromatic nitrogens is 4. The second kappa shape index (κ2) is 22.6. The standard InChI is InChI=1S/C28H38N4O3.C23H30N4O/c1-7-31(8-2)19-13-18-23(30-27(34)35-28(4,5)6)25-29-22-17-12-14-20(3)24(22)26(33)32(25)21-15-10-9-11-16-21;1-4-26(5-2)16-10-14-19(24)22-25-20-15-9-11-17(3)21(20)23(28)27(22)18-12-7-6-8-13-18/h9-12,14-17,23H,7-8,13,18-19H2,1-6H3,(H,30,34);6-9,11-13,15,19H,4-5,10,14,16,24H2,1-3H3. The Kier molecular flexibility index (Phi) is 17.3. The van der Waals surface area contributed by atoms with Crippen molar-refractivity contribution >= 4 is 27.9 Å².